The van der Waals surface area contributed by atoms with Gasteiger partial charge >= 0.3 is 0 Å². The highest BCUT2D eigenvalue weighted by Gasteiger charge is 2.30. The van der Waals surface area contributed by atoms with E-state index in [1.165, 1.54) is 0 Å². The van der Waals surface area contributed by atoms with Gasteiger partial charge < -0.3 is 20.3 Å². The number of allylic oxidation sites excluding steroid dienone is 1. The zero-order valence-corrected chi connectivity index (χ0v) is 19.1. The van der Waals surface area contributed by atoms with Crippen molar-refractivity contribution in [2.24, 2.45) is 5.92 Å². The van der Waals surface area contributed by atoms with Gasteiger partial charge in [0.25, 0.3) is 0 Å². The predicted molar refractivity (Wildman–Crippen MR) is 130 cm³/mol. The van der Waals surface area contributed by atoms with Crippen LogP contribution in [0.4, 0.5) is 10.2 Å². The van der Waals surface area contributed by atoms with Crippen molar-refractivity contribution >= 4 is 17.0 Å². The summed E-state index contributed by atoms with van der Waals surface area (Å²) in [6.07, 6.45) is 1.40. The monoisotopic (exact) mass is 461 g/mol. The molecule has 1 unspecified atom stereocenters. The van der Waals surface area contributed by atoms with Crippen LogP contribution in [0.2, 0.25) is 0 Å². The first-order valence-electron chi connectivity index (χ1n) is 11.5. The van der Waals surface area contributed by atoms with Gasteiger partial charge in [-0.15, -0.1) is 0 Å². The van der Waals surface area contributed by atoms with Crippen LogP contribution in [0, 0.1) is 5.92 Å². The van der Waals surface area contributed by atoms with E-state index in [4.69, 9.17) is 15.2 Å². The Hall–Kier alpha value is -3.58. The smallest absolute Gasteiger partial charge is 0.150 e. The molecule has 1 aromatic heterocycles. The van der Waals surface area contributed by atoms with Crippen LogP contribution in [-0.2, 0) is 0 Å². The molecule has 2 aromatic carbocycles. The Morgan fingerprint density at radius 3 is 2.65 bits per heavy atom. The summed E-state index contributed by atoms with van der Waals surface area (Å²) in [6.45, 7) is 4.77. The molecule has 0 radical (unpaired) electrons. The maximum atomic E-state index is 12.6. The van der Waals surface area contributed by atoms with Crippen molar-refractivity contribution in [3.05, 3.63) is 77.5 Å². The van der Waals surface area contributed by atoms with E-state index in [-0.39, 0.29) is 24.4 Å². The number of nitrogens with zero attached hydrogens (tertiary/aromatic N) is 2. The van der Waals surface area contributed by atoms with Gasteiger partial charge in [0.15, 0.2) is 0 Å². The first-order chi connectivity index (χ1) is 16.5. The molecule has 0 spiro atoms. The van der Waals surface area contributed by atoms with E-state index in [1.54, 1.807) is 30.5 Å². The second-order valence-electron chi connectivity index (χ2n) is 8.89. The van der Waals surface area contributed by atoms with Crippen LogP contribution in [0.3, 0.4) is 0 Å². The number of nitrogens with two attached hydrogens (primary N) is 1. The second-order valence-corrected chi connectivity index (χ2v) is 8.89. The van der Waals surface area contributed by atoms with Gasteiger partial charge in [-0.2, -0.15) is 0 Å². The van der Waals surface area contributed by atoms with Crippen LogP contribution in [0.15, 0.2) is 60.8 Å². The fourth-order valence-electron chi connectivity index (χ4n) is 4.60. The van der Waals surface area contributed by atoms with Crippen LogP contribution in [0.1, 0.15) is 29.7 Å². The molecular formula is C27H28FN3O3. The minimum Gasteiger partial charge on any atom is -0.508 e. The highest BCUT2D eigenvalue weighted by atomic mass is 19.1. The van der Waals surface area contributed by atoms with Gasteiger partial charge in [-0.1, -0.05) is 12.1 Å². The summed E-state index contributed by atoms with van der Waals surface area (Å²) in [6, 6.07) is 16.7. The van der Waals surface area contributed by atoms with Gasteiger partial charge in [0.05, 0.1) is 6.67 Å². The molecule has 34 heavy (non-hydrogen) atoms. The summed E-state index contributed by atoms with van der Waals surface area (Å²) >= 11 is 0. The molecule has 0 aliphatic carbocycles. The van der Waals surface area contributed by atoms with E-state index >= 15 is 0 Å². The van der Waals surface area contributed by atoms with Crippen molar-refractivity contribution in [2.75, 3.05) is 38.6 Å². The molecule has 1 fully saturated rings. The number of alkyl halides is 1. The second kappa shape index (κ2) is 9.35. The normalized spacial score (nSPS) is 18.2. The maximum absolute atomic E-state index is 12.6. The number of pyridine rings is 1. The van der Waals surface area contributed by atoms with Crippen LogP contribution in [-0.4, -0.2) is 47.9 Å². The van der Waals surface area contributed by atoms with Crippen LogP contribution in [0.25, 0.3) is 11.1 Å². The number of aromatic hydroxyl groups is 1. The molecular weight excluding hydrogens is 433 g/mol. The van der Waals surface area contributed by atoms with E-state index < -0.39 is 0 Å². The van der Waals surface area contributed by atoms with E-state index in [0.29, 0.717) is 18.2 Å². The number of hydrogen-bond acceptors (Lipinski definition) is 6. The first kappa shape index (κ1) is 22.2. The molecule has 2 aliphatic rings. The number of aromatic nitrogens is 1. The molecule has 6 nitrogen and oxygen atoms in total. The number of anilines is 1. The van der Waals surface area contributed by atoms with E-state index in [2.05, 4.69) is 9.88 Å². The lowest BCUT2D eigenvalue weighted by molar-refractivity contribution is 0.0668. The van der Waals surface area contributed by atoms with Gasteiger partial charge in [-0.3, -0.25) is 9.29 Å². The van der Waals surface area contributed by atoms with Gasteiger partial charge in [0.2, 0.25) is 0 Å². The summed E-state index contributed by atoms with van der Waals surface area (Å²) in [4.78, 5) is 6.47. The topological polar surface area (TPSA) is 80.8 Å². The molecule has 3 aromatic rings. The predicted octanol–water partition coefficient (Wildman–Crippen LogP) is 4.71. The standard InChI is InChI=1S/C27H28FN3O3/c1-17-23-12-21(32)5-8-24(23)34-27(26(17)20-4-9-25(29)30-14-20)19-2-6-22(7-3-19)33-11-10-31-15-18(13-28)16-31/h2-9,12,14,18,27,32H,10-11,13,15-16H2,1H3,(H2,29,30). The van der Waals surface area contributed by atoms with Crippen molar-refractivity contribution in [3.8, 4) is 17.2 Å². The summed E-state index contributed by atoms with van der Waals surface area (Å²) in [5, 5.41) is 10.0. The number of fused-ring (bicyclic) bond motifs is 1. The number of rotatable bonds is 7. The summed E-state index contributed by atoms with van der Waals surface area (Å²) in [5.41, 5.74) is 10.5. The molecule has 2 aliphatic heterocycles. The Labute approximate surface area is 198 Å². The van der Waals surface area contributed by atoms with Crippen molar-refractivity contribution in [1.29, 1.82) is 0 Å². The first-order valence-corrected chi connectivity index (χ1v) is 11.5. The Morgan fingerprint density at radius 2 is 1.94 bits per heavy atom. The van der Waals surface area contributed by atoms with Gasteiger partial charge in [0, 0.05) is 48.4 Å². The van der Waals surface area contributed by atoms with Gasteiger partial charge in [-0.25, -0.2) is 4.98 Å². The van der Waals surface area contributed by atoms with Crippen LogP contribution >= 0.6 is 0 Å². The number of benzene rings is 2. The SMILES string of the molecule is CC1=C(c2ccc(N)nc2)C(c2ccc(OCCN3CC(CF)C3)cc2)Oc2ccc(O)cc21. The van der Waals surface area contributed by atoms with Crippen LogP contribution < -0.4 is 15.2 Å². The van der Waals surface area contributed by atoms with Crippen molar-refractivity contribution in [3.63, 3.8) is 0 Å². The molecule has 5 rings (SSSR count). The number of phenols is 1. The minimum atomic E-state index is -0.352. The minimum absolute atomic E-state index is 0.186. The molecule has 1 atom stereocenters. The molecule has 0 amide bonds. The average molecular weight is 462 g/mol. The van der Waals surface area contributed by atoms with Crippen LogP contribution in [0.5, 0.6) is 17.2 Å². The Kier molecular flexibility index (Phi) is 6.11. The highest BCUT2D eigenvalue weighted by Crippen LogP contribution is 2.47. The third kappa shape index (κ3) is 4.43. The molecule has 1 saturated heterocycles. The Morgan fingerprint density at radius 1 is 1.15 bits per heavy atom. The zero-order chi connectivity index (χ0) is 23.7. The molecule has 176 valence electrons. The van der Waals surface area contributed by atoms with Crippen molar-refractivity contribution in [2.45, 2.75) is 13.0 Å². The summed E-state index contributed by atoms with van der Waals surface area (Å²) < 4.78 is 24.9. The zero-order valence-electron chi connectivity index (χ0n) is 19.1. The molecule has 0 saturated carbocycles. The average Bonchev–Trinajstić information content (AvgIpc) is 2.82. The number of ether oxygens (including phenoxy) is 2. The Balaban J connectivity index is 1.37. The number of halogens is 1. The maximum Gasteiger partial charge on any atom is 0.150 e. The van der Waals surface area contributed by atoms with Crippen molar-refractivity contribution in [1.82, 2.24) is 9.88 Å². The lowest BCUT2D eigenvalue weighted by Crippen LogP contribution is -2.49. The summed E-state index contributed by atoms with van der Waals surface area (Å²) in [7, 11) is 0. The fourth-order valence-corrected chi connectivity index (χ4v) is 4.60. The van der Waals surface area contributed by atoms with Crippen molar-refractivity contribution < 1.29 is 19.0 Å². The van der Waals surface area contributed by atoms with Gasteiger partial charge in [-0.05, 0) is 60.5 Å². The van der Waals surface area contributed by atoms with E-state index in [9.17, 15) is 9.50 Å². The fraction of sp³-hybridized carbons (Fsp3) is 0.296. The van der Waals surface area contributed by atoms with E-state index in [1.807, 2.05) is 37.3 Å². The number of phenolic OH excluding ortho intramolecular Hbond substituents is 1. The largest absolute Gasteiger partial charge is 0.508 e. The number of likely N-dealkylation sites (tertiary alicyclic amines) is 1. The molecule has 7 heteroatoms. The van der Waals surface area contributed by atoms with E-state index in [0.717, 1.165) is 53.2 Å². The Bertz CT molecular complexity index is 1190. The number of hydrogen-bond donors (Lipinski definition) is 2. The highest BCUT2D eigenvalue weighted by molar-refractivity contribution is 5.95. The third-order valence-electron chi connectivity index (χ3n) is 6.49. The number of nitrogen functional groups attached to an aromatic ring is 1. The van der Waals surface area contributed by atoms with Gasteiger partial charge in [0.1, 0.15) is 35.8 Å². The molecule has 3 N–H and O–H groups in total. The quantitative estimate of drug-likeness (QED) is 0.530. The lowest BCUT2D eigenvalue weighted by Gasteiger charge is -2.37. The molecule has 0 bridgehead atoms. The lowest BCUT2D eigenvalue weighted by atomic mass is 9.86. The molecule has 3 heterocycles. The third-order valence-corrected chi connectivity index (χ3v) is 6.49. The summed E-state index contributed by atoms with van der Waals surface area (Å²) in [5.74, 6) is 2.33.